The predicted molar refractivity (Wildman–Crippen MR) is 119 cm³/mol. The van der Waals surface area contributed by atoms with Gasteiger partial charge in [0.1, 0.15) is 0 Å². The van der Waals surface area contributed by atoms with Crippen LogP contribution in [0.2, 0.25) is 0 Å². The summed E-state index contributed by atoms with van der Waals surface area (Å²) in [4.78, 5) is 0. The lowest BCUT2D eigenvalue weighted by molar-refractivity contribution is 0.0673. The van der Waals surface area contributed by atoms with Crippen LogP contribution in [0.5, 0.6) is 0 Å². The standard InChI is InChI=1S/C17H35O2PS4/c1-4-5-6-7-8-9-10-11-12-13-14-22-24-23-20(21)18-15-17(2,3)16-19-20/h4-16H2,1-3H3. The Morgan fingerprint density at radius 1 is 0.875 bits per heavy atom. The summed E-state index contributed by atoms with van der Waals surface area (Å²) in [5, 5.41) is 0. The van der Waals surface area contributed by atoms with Crippen molar-refractivity contribution in [2.75, 3.05) is 19.0 Å². The molecule has 1 fully saturated rings. The van der Waals surface area contributed by atoms with Gasteiger partial charge < -0.3 is 9.05 Å². The van der Waals surface area contributed by atoms with E-state index in [1.54, 1.807) is 20.2 Å². The first-order valence-corrected chi connectivity index (χ1v) is 16.2. The second-order valence-corrected chi connectivity index (χ2v) is 17.4. The molecule has 0 amide bonds. The van der Waals surface area contributed by atoms with Gasteiger partial charge in [-0.3, -0.25) is 0 Å². The largest absolute Gasteiger partial charge is 0.320 e. The highest BCUT2D eigenvalue weighted by Crippen LogP contribution is 2.70. The molecule has 0 radical (unpaired) electrons. The van der Waals surface area contributed by atoms with E-state index in [0.29, 0.717) is 0 Å². The Bertz CT molecular complexity index is 352. The molecular formula is C17H35O2PS4. The van der Waals surface area contributed by atoms with Gasteiger partial charge in [-0.1, -0.05) is 89.4 Å². The van der Waals surface area contributed by atoms with Gasteiger partial charge in [-0.05, 0) is 28.1 Å². The molecule has 24 heavy (non-hydrogen) atoms. The number of hydrogen-bond acceptors (Lipinski definition) is 6. The summed E-state index contributed by atoms with van der Waals surface area (Å²) in [5.74, 6) is 1.20. The van der Waals surface area contributed by atoms with Crippen molar-refractivity contribution in [3.8, 4) is 0 Å². The fraction of sp³-hybridized carbons (Fsp3) is 1.00. The Balaban J connectivity index is 1.85. The van der Waals surface area contributed by atoms with Crippen LogP contribution < -0.4 is 0 Å². The SMILES string of the molecule is CCCCCCCCCCCCSSSP1(=S)OCC(C)(C)CO1. The van der Waals surface area contributed by atoms with Gasteiger partial charge in [0.05, 0.1) is 13.2 Å². The van der Waals surface area contributed by atoms with E-state index >= 15 is 0 Å². The van der Waals surface area contributed by atoms with Crippen molar-refractivity contribution in [3.63, 3.8) is 0 Å². The van der Waals surface area contributed by atoms with Crippen LogP contribution in [0.4, 0.5) is 0 Å². The molecule has 1 aliphatic heterocycles. The fourth-order valence-electron chi connectivity index (χ4n) is 2.37. The molecule has 1 aliphatic rings. The molecule has 7 heteroatoms. The number of hydrogen-bond donors (Lipinski definition) is 0. The molecule has 0 aromatic heterocycles. The average molecular weight is 431 g/mol. The maximum absolute atomic E-state index is 5.82. The van der Waals surface area contributed by atoms with E-state index < -0.39 is 5.69 Å². The fourth-order valence-corrected chi connectivity index (χ4v) is 13.5. The van der Waals surface area contributed by atoms with Gasteiger partial charge >= 0.3 is 0 Å². The lowest BCUT2D eigenvalue weighted by Crippen LogP contribution is -2.28. The van der Waals surface area contributed by atoms with E-state index in [1.165, 1.54) is 70.0 Å². The van der Waals surface area contributed by atoms with Crippen LogP contribution in [0.15, 0.2) is 0 Å². The molecule has 0 atom stereocenters. The quantitative estimate of drug-likeness (QED) is 0.156. The predicted octanol–water partition coefficient (Wildman–Crippen LogP) is 8.23. The maximum atomic E-state index is 5.82. The highest BCUT2D eigenvalue weighted by Gasteiger charge is 2.34. The molecule has 0 spiro atoms. The third-order valence-corrected chi connectivity index (χ3v) is 14.8. The molecule has 1 saturated heterocycles. The lowest BCUT2D eigenvalue weighted by atomic mass is 9.97. The van der Waals surface area contributed by atoms with Gasteiger partial charge in [0.25, 0.3) is 5.69 Å². The second kappa shape index (κ2) is 13.7. The molecule has 1 rings (SSSR count). The summed E-state index contributed by atoms with van der Waals surface area (Å²) in [6, 6.07) is 0. The third-order valence-electron chi connectivity index (χ3n) is 3.98. The first kappa shape index (κ1) is 23.7. The minimum Gasteiger partial charge on any atom is -0.320 e. The van der Waals surface area contributed by atoms with Crippen molar-refractivity contribution in [1.29, 1.82) is 0 Å². The van der Waals surface area contributed by atoms with Crippen LogP contribution in [0.25, 0.3) is 0 Å². The highest BCUT2D eigenvalue weighted by molar-refractivity contribution is 9.22. The van der Waals surface area contributed by atoms with E-state index in [4.69, 9.17) is 20.9 Å². The van der Waals surface area contributed by atoms with Gasteiger partial charge in [0, 0.05) is 21.6 Å². The molecule has 0 aromatic carbocycles. The number of unbranched alkanes of at least 4 members (excludes halogenated alkanes) is 9. The third kappa shape index (κ3) is 12.1. The first-order valence-electron chi connectivity index (χ1n) is 9.34. The molecule has 0 unspecified atom stereocenters. The van der Waals surface area contributed by atoms with Crippen LogP contribution in [0.1, 0.15) is 85.0 Å². The number of rotatable bonds is 14. The zero-order valence-electron chi connectivity index (χ0n) is 15.6. The summed E-state index contributed by atoms with van der Waals surface area (Å²) >= 11 is 5.54. The summed E-state index contributed by atoms with van der Waals surface area (Å²) in [6.45, 7) is 8.04. The minimum atomic E-state index is -2.08. The van der Waals surface area contributed by atoms with Crippen LogP contribution in [-0.4, -0.2) is 19.0 Å². The van der Waals surface area contributed by atoms with Crippen molar-refractivity contribution in [3.05, 3.63) is 0 Å². The monoisotopic (exact) mass is 430 g/mol. The van der Waals surface area contributed by atoms with Crippen molar-refractivity contribution >= 4 is 48.5 Å². The minimum absolute atomic E-state index is 0.108. The van der Waals surface area contributed by atoms with Gasteiger partial charge in [0.15, 0.2) is 0 Å². The molecule has 2 nitrogen and oxygen atoms in total. The van der Waals surface area contributed by atoms with Crippen LogP contribution in [0, 0.1) is 5.41 Å². The second-order valence-electron chi connectivity index (χ2n) is 7.30. The Morgan fingerprint density at radius 2 is 1.38 bits per heavy atom. The average Bonchev–Trinajstić information content (AvgIpc) is 2.55. The maximum Gasteiger partial charge on any atom is 0.258 e. The van der Waals surface area contributed by atoms with Gasteiger partial charge in [-0.15, -0.1) is 0 Å². The Hall–Kier alpha value is 1.62. The van der Waals surface area contributed by atoms with Crippen molar-refractivity contribution < 1.29 is 9.05 Å². The summed E-state index contributed by atoms with van der Waals surface area (Å²) in [6.07, 6.45) is 14.0. The van der Waals surface area contributed by atoms with E-state index in [9.17, 15) is 0 Å². The van der Waals surface area contributed by atoms with Crippen molar-refractivity contribution in [1.82, 2.24) is 0 Å². The Labute approximate surface area is 166 Å². The molecular weight excluding hydrogens is 395 g/mol. The zero-order chi connectivity index (χ0) is 17.7. The molecule has 1 heterocycles. The van der Waals surface area contributed by atoms with Crippen LogP contribution in [-0.2, 0) is 20.9 Å². The Morgan fingerprint density at radius 3 is 1.92 bits per heavy atom. The van der Waals surface area contributed by atoms with Crippen LogP contribution in [0.3, 0.4) is 0 Å². The van der Waals surface area contributed by atoms with Crippen LogP contribution >= 0.6 is 36.7 Å². The molecule has 0 N–H and O–H groups in total. The molecule has 0 aliphatic carbocycles. The zero-order valence-corrected chi connectivity index (χ0v) is 19.7. The van der Waals surface area contributed by atoms with E-state index in [1.807, 2.05) is 10.8 Å². The Kier molecular flexibility index (Phi) is 13.5. The van der Waals surface area contributed by atoms with Gasteiger partial charge in [-0.25, -0.2) is 0 Å². The molecule has 0 saturated carbocycles. The first-order chi connectivity index (χ1) is 11.5. The topological polar surface area (TPSA) is 18.5 Å². The highest BCUT2D eigenvalue weighted by atomic mass is 33.6. The molecule has 0 bridgehead atoms. The van der Waals surface area contributed by atoms with Gasteiger partial charge in [-0.2, -0.15) is 0 Å². The lowest BCUT2D eigenvalue weighted by Gasteiger charge is -2.35. The molecule has 144 valence electrons. The van der Waals surface area contributed by atoms with Crippen molar-refractivity contribution in [2.45, 2.75) is 85.0 Å². The van der Waals surface area contributed by atoms with E-state index in [-0.39, 0.29) is 5.41 Å². The summed E-state index contributed by atoms with van der Waals surface area (Å²) in [7, 11) is 5.31. The summed E-state index contributed by atoms with van der Waals surface area (Å²) in [5.41, 5.74) is -1.98. The van der Waals surface area contributed by atoms with Crippen molar-refractivity contribution in [2.24, 2.45) is 5.41 Å². The smallest absolute Gasteiger partial charge is 0.258 e. The van der Waals surface area contributed by atoms with Gasteiger partial charge in [0.2, 0.25) is 0 Å². The normalized spacial score (nSPS) is 19.5. The summed E-state index contributed by atoms with van der Waals surface area (Å²) < 4.78 is 11.6. The van der Waals surface area contributed by atoms with E-state index in [0.717, 1.165) is 13.2 Å². The van der Waals surface area contributed by atoms with E-state index in [2.05, 4.69) is 20.8 Å². The molecule has 0 aromatic rings.